The van der Waals surface area contributed by atoms with Gasteiger partial charge in [-0.25, -0.2) is 4.79 Å². The molecule has 0 unspecified atom stereocenters. The van der Waals surface area contributed by atoms with Gasteiger partial charge in [-0.15, -0.1) is 0 Å². The predicted octanol–water partition coefficient (Wildman–Crippen LogP) is 3.28. The maximum Gasteiger partial charge on any atom is 0.316 e. The molecule has 0 bridgehead atoms. The highest BCUT2D eigenvalue weighted by Crippen LogP contribution is 2.30. The number of para-hydroxylation sites is 1. The predicted molar refractivity (Wildman–Crippen MR) is 70.9 cm³/mol. The zero-order chi connectivity index (χ0) is 13.0. The number of urea groups is 1. The number of rotatable bonds is 3. The van der Waals surface area contributed by atoms with E-state index in [2.05, 4.69) is 5.32 Å². The molecule has 18 heavy (non-hydrogen) atoms. The van der Waals surface area contributed by atoms with Gasteiger partial charge in [0.2, 0.25) is 0 Å². The smallest absolute Gasteiger partial charge is 0.316 e. The van der Waals surface area contributed by atoms with Crippen LogP contribution >= 0.6 is 0 Å². The largest absolute Gasteiger partial charge is 0.455 e. The molecule has 0 aliphatic heterocycles. The monoisotopic (exact) mass is 242 g/mol. The second-order valence-electron chi connectivity index (χ2n) is 3.90. The Labute approximate surface area is 105 Å². The molecule has 4 heteroatoms. The summed E-state index contributed by atoms with van der Waals surface area (Å²) in [6.45, 7) is 1.93. The van der Waals surface area contributed by atoms with Gasteiger partial charge in [-0.05, 0) is 36.8 Å². The first-order valence-electron chi connectivity index (χ1n) is 5.55. The fraction of sp³-hybridized carbons (Fsp3) is 0.0714. The molecule has 92 valence electrons. The van der Waals surface area contributed by atoms with Crippen molar-refractivity contribution in [2.75, 3.05) is 5.32 Å². The number of primary amides is 1. The second-order valence-corrected chi connectivity index (χ2v) is 3.90. The van der Waals surface area contributed by atoms with Crippen LogP contribution in [0.4, 0.5) is 10.5 Å². The van der Waals surface area contributed by atoms with Crippen LogP contribution in [0.2, 0.25) is 0 Å². The molecule has 3 N–H and O–H groups in total. The third kappa shape index (κ3) is 3.01. The van der Waals surface area contributed by atoms with Crippen molar-refractivity contribution in [1.82, 2.24) is 0 Å². The number of nitrogens with one attached hydrogen (secondary N) is 1. The van der Waals surface area contributed by atoms with Crippen LogP contribution in [0.1, 0.15) is 5.56 Å². The maximum atomic E-state index is 10.9. The van der Waals surface area contributed by atoms with E-state index < -0.39 is 6.03 Å². The minimum Gasteiger partial charge on any atom is -0.455 e. The second kappa shape index (κ2) is 5.23. The molecule has 2 amide bonds. The van der Waals surface area contributed by atoms with Gasteiger partial charge in [0.1, 0.15) is 5.75 Å². The molecule has 2 rings (SSSR count). The van der Waals surface area contributed by atoms with Crippen LogP contribution in [0.15, 0.2) is 48.5 Å². The van der Waals surface area contributed by atoms with Crippen molar-refractivity contribution in [2.45, 2.75) is 6.92 Å². The van der Waals surface area contributed by atoms with Crippen molar-refractivity contribution in [2.24, 2.45) is 5.73 Å². The van der Waals surface area contributed by atoms with Crippen molar-refractivity contribution >= 4 is 11.7 Å². The molecule has 2 aromatic carbocycles. The highest BCUT2D eigenvalue weighted by molar-refractivity contribution is 5.89. The van der Waals surface area contributed by atoms with Gasteiger partial charge in [-0.2, -0.15) is 0 Å². The van der Waals surface area contributed by atoms with E-state index in [-0.39, 0.29) is 0 Å². The third-order valence-electron chi connectivity index (χ3n) is 2.36. The van der Waals surface area contributed by atoms with Crippen LogP contribution in [0.5, 0.6) is 11.5 Å². The number of ether oxygens (including phenoxy) is 1. The van der Waals surface area contributed by atoms with Gasteiger partial charge in [0.05, 0.1) is 5.69 Å². The maximum absolute atomic E-state index is 10.9. The SMILES string of the molecule is Cc1ccc(Oc2ccccc2)c(NC(N)=O)c1. The van der Waals surface area contributed by atoms with Crippen molar-refractivity contribution in [3.05, 3.63) is 54.1 Å². The van der Waals surface area contributed by atoms with Crippen LogP contribution < -0.4 is 15.8 Å². The number of benzene rings is 2. The fourth-order valence-electron chi connectivity index (χ4n) is 1.58. The Morgan fingerprint density at radius 3 is 2.56 bits per heavy atom. The van der Waals surface area contributed by atoms with E-state index in [1.807, 2.05) is 49.4 Å². The number of carbonyl (C=O) groups is 1. The van der Waals surface area contributed by atoms with Gasteiger partial charge in [0.15, 0.2) is 5.75 Å². The van der Waals surface area contributed by atoms with Crippen molar-refractivity contribution in [1.29, 1.82) is 0 Å². The number of hydrogen-bond acceptors (Lipinski definition) is 2. The molecule has 0 aliphatic carbocycles. The highest BCUT2D eigenvalue weighted by atomic mass is 16.5. The van der Waals surface area contributed by atoms with E-state index in [1.165, 1.54) is 0 Å². The fourth-order valence-corrected chi connectivity index (χ4v) is 1.58. The molecule has 0 radical (unpaired) electrons. The van der Waals surface area contributed by atoms with Gasteiger partial charge >= 0.3 is 6.03 Å². The molecule has 0 aromatic heterocycles. The Hall–Kier alpha value is -2.49. The lowest BCUT2D eigenvalue weighted by Gasteiger charge is -2.11. The van der Waals surface area contributed by atoms with E-state index in [0.29, 0.717) is 17.2 Å². The molecule has 0 fully saturated rings. The van der Waals surface area contributed by atoms with E-state index in [0.717, 1.165) is 5.56 Å². The summed E-state index contributed by atoms with van der Waals surface area (Å²) in [5, 5.41) is 2.55. The molecule has 0 saturated carbocycles. The number of hydrogen-bond donors (Lipinski definition) is 2. The Morgan fingerprint density at radius 1 is 1.17 bits per heavy atom. The summed E-state index contributed by atoms with van der Waals surface area (Å²) in [6, 6.07) is 14.3. The van der Waals surface area contributed by atoms with Crippen LogP contribution in [-0.4, -0.2) is 6.03 Å². The molecule has 0 heterocycles. The van der Waals surface area contributed by atoms with Crippen molar-refractivity contribution < 1.29 is 9.53 Å². The molecule has 0 aliphatic rings. The zero-order valence-corrected chi connectivity index (χ0v) is 10.0. The van der Waals surface area contributed by atoms with E-state index >= 15 is 0 Å². The number of aryl methyl sites for hydroxylation is 1. The van der Waals surface area contributed by atoms with Gasteiger partial charge < -0.3 is 15.8 Å². The quantitative estimate of drug-likeness (QED) is 0.867. The van der Waals surface area contributed by atoms with E-state index in [9.17, 15) is 4.79 Å². The summed E-state index contributed by atoms with van der Waals surface area (Å²) in [6.07, 6.45) is 0. The van der Waals surface area contributed by atoms with Gasteiger partial charge in [0.25, 0.3) is 0 Å². The van der Waals surface area contributed by atoms with E-state index in [4.69, 9.17) is 10.5 Å². The summed E-state index contributed by atoms with van der Waals surface area (Å²) in [4.78, 5) is 10.9. The Kier molecular flexibility index (Phi) is 3.48. The normalized spacial score (nSPS) is 9.83. The minimum absolute atomic E-state index is 0.561. The summed E-state index contributed by atoms with van der Waals surface area (Å²) in [5.74, 6) is 1.26. The Balaban J connectivity index is 2.29. The minimum atomic E-state index is -0.612. The average Bonchev–Trinajstić information content (AvgIpc) is 2.33. The number of carbonyl (C=O) groups excluding carboxylic acids is 1. The summed E-state index contributed by atoms with van der Waals surface area (Å²) >= 11 is 0. The zero-order valence-electron chi connectivity index (χ0n) is 10.0. The lowest BCUT2D eigenvalue weighted by molar-refractivity contribution is 0.259. The van der Waals surface area contributed by atoms with Crippen LogP contribution in [0, 0.1) is 6.92 Å². The molecular formula is C14H14N2O2. The highest BCUT2D eigenvalue weighted by Gasteiger charge is 2.07. The van der Waals surface area contributed by atoms with Gasteiger partial charge in [-0.3, -0.25) is 0 Å². The number of amides is 2. The summed E-state index contributed by atoms with van der Waals surface area (Å²) in [5.41, 5.74) is 6.71. The first-order chi connectivity index (χ1) is 8.65. The summed E-state index contributed by atoms with van der Waals surface area (Å²) in [7, 11) is 0. The average molecular weight is 242 g/mol. The molecule has 0 spiro atoms. The van der Waals surface area contributed by atoms with Crippen molar-refractivity contribution in [3.63, 3.8) is 0 Å². The molecule has 0 atom stereocenters. The topological polar surface area (TPSA) is 64.3 Å². The molecule has 0 saturated heterocycles. The van der Waals surface area contributed by atoms with E-state index in [1.54, 1.807) is 6.07 Å². The molecule has 4 nitrogen and oxygen atoms in total. The summed E-state index contributed by atoms with van der Waals surface area (Å²) < 4.78 is 5.70. The van der Waals surface area contributed by atoms with Gasteiger partial charge in [0, 0.05) is 0 Å². The number of nitrogens with two attached hydrogens (primary N) is 1. The Bertz CT molecular complexity index is 553. The first-order valence-corrected chi connectivity index (χ1v) is 5.55. The lowest BCUT2D eigenvalue weighted by atomic mass is 10.2. The third-order valence-corrected chi connectivity index (χ3v) is 2.36. The molecular weight excluding hydrogens is 228 g/mol. The van der Waals surface area contributed by atoms with Crippen LogP contribution in [-0.2, 0) is 0 Å². The standard InChI is InChI=1S/C14H14N2O2/c1-10-7-8-13(12(9-10)16-14(15)17)18-11-5-3-2-4-6-11/h2-9H,1H3,(H3,15,16,17). The first kappa shape index (κ1) is 12.0. The van der Waals surface area contributed by atoms with Crippen LogP contribution in [0.3, 0.4) is 0 Å². The van der Waals surface area contributed by atoms with Gasteiger partial charge in [-0.1, -0.05) is 24.3 Å². The Morgan fingerprint density at radius 2 is 1.89 bits per heavy atom. The lowest BCUT2D eigenvalue weighted by Crippen LogP contribution is -2.19. The van der Waals surface area contributed by atoms with Crippen LogP contribution in [0.25, 0.3) is 0 Å². The molecule has 2 aromatic rings. The number of anilines is 1. The van der Waals surface area contributed by atoms with Crippen molar-refractivity contribution in [3.8, 4) is 11.5 Å².